The normalized spacial score (nSPS) is 11.3. The molecule has 0 unspecified atom stereocenters. The van der Waals surface area contributed by atoms with Crippen LogP contribution in [0.25, 0.3) is 0 Å². The van der Waals surface area contributed by atoms with Crippen molar-refractivity contribution in [2.75, 3.05) is 45.4 Å². The molecule has 0 saturated carbocycles. The van der Waals surface area contributed by atoms with E-state index in [1.165, 1.54) is 12.2 Å². The number of carbonyl (C=O) groups is 2. The summed E-state index contributed by atoms with van der Waals surface area (Å²) < 4.78 is 17.7. The molecule has 0 aliphatic rings. The zero-order valence-electron chi connectivity index (χ0n) is 17.6. The number of benzene rings is 1. The molecule has 1 aromatic rings. The number of carbonyl (C=O) groups excluding carboxylic acids is 2. The number of amides is 3. The van der Waals surface area contributed by atoms with Gasteiger partial charge in [-0.25, -0.2) is 9.18 Å². The van der Waals surface area contributed by atoms with Crippen LogP contribution < -0.4 is 20.7 Å². The van der Waals surface area contributed by atoms with E-state index >= 15 is 0 Å². The Bertz CT molecular complexity index is 756. The van der Waals surface area contributed by atoms with E-state index in [-0.39, 0.29) is 18.7 Å². The summed E-state index contributed by atoms with van der Waals surface area (Å²) in [6.07, 6.45) is 4.96. The highest BCUT2D eigenvalue weighted by Gasteiger charge is 2.13. The van der Waals surface area contributed by atoms with E-state index in [2.05, 4.69) is 16.0 Å². The van der Waals surface area contributed by atoms with Gasteiger partial charge in [-0.1, -0.05) is 36.8 Å². The average molecular weight is 441 g/mol. The molecule has 7 nitrogen and oxygen atoms in total. The number of anilines is 1. The molecule has 0 bridgehead atoms. The predicted molar refractivity (Wildman–Crippen MR) is 119 cm³/mol. The number of halogens is 2. The largest absolute Gasteiger partial charge is 0.471 e. The highest BCUT2D eigenvalue weighted by Crippen LogP contribution is 2.27. The highest BCUT2D eigenvalue weighted by molar-refractivity contribution is 6.30. The molecule has 9 heteroatoms. The molecular formula is C21H30ClFN4O3. The van der Waals surface area contributed by atoms with Crippen LogP contribution in [0.15, 0.2) is 42.0 Å². The molecule has 30 heavy (non-hydrogen) atoms. The third-order valence-electron chi connectivity index (χ3n) is 4.19. The van der Waals surface area contributed by atoms with Gasteiger partial charge in [-0.15, -0.1) is 0 Å². The lowest BCUT2D eigenvalue weighted by Gasteiger charge is -2.22. The van der Waals surface area contributed by atoms with Crippen molar-refractivity contribution in [3.63, 3.8) is 0 Å². The van der Waals surface area contributed by atoms with E-state index in [9.17, 15) is 14.0 Å². The summed E-state index contributed by atoms with van der Waals surface area (Å²) in [5.74, 6) is 0.335. The fraction of sp³-hybridized carbons (Fsp3) is 0.429. The molecule has 166 valence electrons. The molecule has 0 radical (unpaired) electrons. The van der Waals surface area contributed by atoms with Crippen molar-refractivity contribution in [2.24, 2.45) is 0 Å². The van der Waals surface area contributed by atoms with Crippen molar-refractivity contribution in [3.8, 4) is 5.75 Å². The number of ether oxygens (including phenoxy) is 1. The molecule has 1 rings (SSSR count). The van der Waals surface area contributed by atoms with Gasteiger partial charge in [0, 0.05) is 37.3 Å². The summed E-state index contributed by atoms with van der Waals surface area (Å²) in [7, 11) is 1.75. The molecule has 0 fully saturated rings. The van der Waals surface area contributed by atoms with Crippen molar-refractivity contribution in [3.05, 3.63) is 47.0 Å². The quantitative estimate of drug-likeness (QED) is 0.263. The van der Waals surface area contributed by atoms with E-state index in [4.69, 9.17) is 16.3 Å². The molecule has 0 aliphatic carbocycles. The maximum atomic E-state index is 12.3. The second-order valence-electron chi connectivity index (χ2n) is 6.12. The molecule has 3 N–H and O–H groups in total. The minimum absolute atomic E-state index is 0.0123. The zero-order valence-corrected chi connectivity index (χ0v) is 18.4. The van der Waals surface area contributed by atoms with Gasteiger partial charge in [0.2, 0.25) is 5.91 Å². The van der Waals surface area contributed by atoms with Gasteiger partial charge in [0.25, 0.3) is 0 Å². The minimum Gasteiger partial charge on any atom is -0.471 e. The van der Waals surface area contributed by atoms with Crippen LogP contribution in [0, 0.1) is 0 Å². The first-order valence-corrected chi connectivity index (χ1v) is 10.2. The van der Waals surface area contributed by atoms with E-state index in [0.717, 1.165) is 0 Å². The third kappa shape index (κ3) is 8.73. The molecule has 0 spiro atoms. The number of allylic oxidation sites excluding steroid dienone is 3. The smallest absolute Gasteiger partial charge is 0.320 e. The number of alkyl halides is 1. The third-order valence-corrected chi connectivity index (χ3v) is 4.43. The second-order valence-corrected chi connectivity index (χ2v) is 6.56. The lowest BCUT2D eigenvalue weighted by Crippen LogP contribution is -2.45. The Kier molecular flexibility index (Phi) is 12.0. The molecule has 0 atom stereocenters. The SMILES string of the molecule is CC/C(=C\C=C/CF)C(=O)NCCN(CC)C(=O)NCOc1ccc(Cl)cc1NC. The summed E-state index contributed by atoms with van der Waals surface area (Å²) in [6.45, 7) is 4.22. The van der Waals surface area contributed by atoms with Gasteiger partial charge < -0.3 is 25.6 Å². The van der Waals surface area contributed by atoms with Crippen molar-refractivity contribution in [1.82, 2.24) is 15.5 Å². The van der Waals surface area contributed by atoms with E-state index in [1.807, 2.05) is 13.8 Å². The van der Waals surface area contributed by atoms with Crippen LogP contribution in [0.3, 0.4) is 0 Å². The first-order chi connectivity index (χ1) is 14.5. The van der Waals surface area contributed by atoms with Gasteiger partial charge >= 0.3 is 6.03 Å². The molecule has 0 saturated heterocycles. The van der Waals surface area contributed by atoms with Gasteiger partial charge in [-0.05, 0) is 31.5 Å². The summed E-state index contributed by atoms with van der Waals surface area (Å²) in [6, 6.07) is 4.84. The van der Waals surface area contributed by atoms with Crippen molar-refractivity contribution in [2.45, 2.75) is 20.3 Å². The van der Waals surface area contributed by atoms with Crippen LogP contribution in [-0.4, -0.2) is 56.9 Å². The van der Waals surface area contributed by atoms with Gasteiger partial charge in [0.1, 0.15) is 12.4 Å². The summed E-state index contributed by atoms with van der Waals surface area (Å²) >= 11 is 5.95. The van der Waals surface area contributed by atoms with Crippen LogP contribution >= 0.6 is 11.6 Å². The number of nitrogens with one attached hydrogen (secondary N) is 3. The van der Waals surface area contributed by atoms with Gasteiger partial charge in [-0.3, -0.25) is 4.79 Å². The zero-order chi connectivity index (χ0) is 22.4. The molecule has 1 aromatic carbocycles. The number of rotatable bonds is 12. The predicted octanol–water partition coefficient (Wildman–Crippen LogP) is 3.73. The Morgan fingerprint density at radius 2 is 2.03 bits per heavy atom. The maximum Gasteiger partial charge on any atom is 0.320 e. The van der Waals surface area contributed by atoms with Crippen LogP contribution in [0.1, 0.15) is 20.3 Å². The Balaban J connectivity index is 2.47. The number of hydrogen-bond acceptors (Lipinski definition) is 4. The highest BCUT2D eigenvalue weighted by atomic mass is 35.5. The topological polar surface area (TPSA) is 82.7 Å². The standard InChI is InChI=1S/C21H30ClFN4O3/c1-4-16(8-6-7-11-23)20(28)25-12-13-27(5-2)21(29)26-15-30-19-10-9-17(22)14-18(19)24-3/h6-10,14,24H,4-5,11-13,15H2,1-3H3,(H,25,28)(H,26,29)/b7-6-,16-8+. The maximum absolute atomic E-state index is 12.3. The molecule has 0 aliphatic heterocycles. The number of likely N-dealkylation sites (N-methyl/N-ethyl adjacent to an activating group) is 1. The first-order valence-electron chi connectivity index (χ1n) is 9.79. The van der Waals surface area contributed by atoms with Crippen LogP contribution in [0.4, 0.5) is 14.9 Å². The summed E-state index contributed by atoms with van der Waals surface area (Å²) in [5.41, 5.74) is 1.26. The fourth-order valence-corrected chi connectivity index (χ4v) is 2.69. The van der Waals surface area contributed by atoms with Gasteiger partial charge in [0.05, 0.1) is 5.69 Å². The average Bonchev–Trinajstić information content (AvgIpc) is 2.75. The Morgan fingerprint density at radius 3 is 2.67 bits per heavy atom. The number of urea groups is 1. The molecule has 0 aromatic heterocycles. The van der Waals surface area contributed by atoms with Gasteiger partial charge in [0.15, 0.2) is 6.73 Å². The number of nitrogens with zero attached hydrogens (tertiary/aromatic N) is 1. The first kappa shape index (κ1) is 25.3. The van der Waals surface area contributed by atoms with Crippen LogP contribution in [0.2, 0.25) is 5.02 Å². The lowest BCUT2D eigenvalue weighted by molar-refractivity contribution is -0.117. The lowest BCUT2D eigenvalue weighted by atomic mass is 10.1. The van der Waals surface area contributed by atoms with E-state index in [0.29, 0.717) is 48.1 Å². The van der Waals surface area contributed by atoms with Crippen LogP contribution in [-0.2, 0) is 4.79 Å². The van der Waals surface area contributed by atoms with Crippen molar-refractivity contribution >= 4 is 29.2 Å². The van der Waals surface area contributed by atoms with Crippen LogP contribution in [0.5, 0.6) is 5.75 Å². The van der Waals surface area contributed by atoms with Gasteiger partial charge in [-0.2, -0.15) is 0 Å². The Hall–Kier alpha value is -2.74. The van der Waals surface area contributed by atoms with Crippen molar-refractivity contribution in [1.29, 1.82) is 0 Å². The molecule has 0 heterocycles. The fourth-order valence-electron chi connectivity index (χ4n) is 2.52. The molecule has 3 amide bonds. The van der Waals surface area contributed by atoms with E-state index < -0.39 is 6.67 Å². The Morgan fingerprint density at radius 1 is 1.27 bits per heavy atom. The monoisotopic (exact) mass is 440 g/mol. The molecular weight excluding hydrogens is 411 g/mol. The summed E-state index contributed by atoms with van der Waals surface area (Å²) in [5, 5.41) is 9.02. The Labute approximate surface area is 182 Å². The minimum atomic E-state index is -0.576. The van der Waals surface area contributed by atoms with Crippen molar-refractivity contribution < 1.29 is 18.7 Å². The second kappa shape index (κ2) is 14.3. The number of hydrogen-bond donors (Lipinski definition) is 3. The summed E-state index contributed by atoms with van der Waals surface area (Å²) in [4.78, 5) is 26.1. The van der Waals surface area contributed by atoms with E-state index in [1.54, 1.807) is 36.2 Å².